The predicted molar refractivity (Wildman–Crippen MR) is 268 cm³/mol. The molecule has 0 bridgehead atoms. The fourth-order valence-corrected chi connectivity index (χ4v) is 9.27. The van der Waals surface area contributed by atoms with Gasteiger partial charge in [0, 0.05) is 12.8 Å². The van der Waals surface area contributed by atoms with Gasteiger partial charge in [-0.15, -0.1) is 0 Å². The van der Waals surface area contributed by atoms with E-state index in [9.17, 15) is 58.2 Å². The molecule has 1 aliphatic rings. The number of carbonyl (C=O) groups excluding carboxylic acids is 2. The van der Waals surface area contributed by atoms with Crippen LogP contribution in [0.15, 0.2) is 48.6 Å². The lowest BCUT2D eigenvalue weighted by atomic mass is 9.85. The molecule has 0 saturated heterocycles. The summed E-state index contributed by atoms with van der Waals surface area (Å²) in [5.41, 5.74) is 0. The second-order valence-electron chi connectivity index (χ2n) is 17.0. The Morgan fingerprint density at radius 1 is 0.493 bits per heavy atom. The number of rotatable bonds is 41. The van der Waals surface area contributed by atoms with Crippen molar-refractivity contribution in [2.45, 2.75) is 217 Å². The number of quaternary nitrogens is 3. The summed E-state index contributed by atoms with van der Waals surface area (Å²) in [4.78, 5) is 79.5. The van der Waals surface area contributed by atoms with Gasteiger partial charge in [-0.2, -0.15) is 0 Å². The lowest BCUT2D eigenvalue weighted by Crippen LogP contribution is -2.65. The molecule has 0 heterocycles. The van der Waals surface area contributed by atoms with E-state index in [2.05, 4.69) is 53.3 Å². The van der Waals surface area contributed by atoms with Gasteiger partial charge in [-0.05, 0) is 51.4 Å². The number of carbonyl (C=O) groups is 2. The minimum atomic E-state index is -5.89. The summed E-state index contributed by atoms with van der Waals surface area (Å²) < 4.78 is 64.4. The third kappa shape index (κ3) is 39.1. The van der Waals surface area contributed by atoms with Crippen molar-refractivity contribution in [1.82, 2.24) is 18.5 Å². The zero-order chi connectivity index (χ0) is 50.7. The highest BCUT2D eigenvalue weighted by molar-refractivity contribution is 7.46. The van der Waals surface area contributed by atoms with Crippen molar-refractivity contribution in [3.05, 3.63) is 48.6 Å². The summed E-state index contributed by atoms with van der Waals surface area (Å²) in [6.07, 6.45) is 23.2. The van der Waals surface area contributed by atoms with Gasteiger partial charge in [0.25, 0.3) is 23.5 Å². The minimum Gasteiger partial charge on any atom is -0.756 e. The van der Waals surface area contributed by atoms with E-state index in [1.54, 1.807) is 0 Å². The Bertz CT molecular complexity index is 1630. The second kappa shape index (κ2) is 43.3. The van der Waals surface area contributed by atoms with E-state index >= 15 is 0 Å². The fraction of sp³-hybridized carbons (Fsp3) is 0.783. The topological polar surface area (TPSA) is 421 Å². The number of aliphatic hydroxyl groups is 3. The quantitative estimate of drug-likeness (QED) is 0.0124. The summed E-state index contributed by atoms with van der Waals surface area (Å²) in [5, 5.41) is 31.7. The van der Waals surface area contributed by atoms with Crippen LogP contribution in [0.25, 0.3) is 0 Å². The molecule has 10 atom stereocenters. The third-order valence-electron chi connectivity index (χ3n) is 10.9. The molecule has 1 fully saturated rings. The smallest absolute Gasteiger partial charge is 0.306 e. The van der Waals surface area contributed by atoms with Crippen LogP contribution in [0, 0.1) is 0 Å². The predicted octanol–water partition coefficient (Wildman–Crippen LogP) is 8.25. The van der Waals surface area contributed by atoms with Crippen LogP contribution in [0.3, 0.4) is 0 Å². The molecular formula is C46H92N3O19P3. The molecule has 0 radical (unpaired) electrons. The molecule has 17 N–H and O–H groups in total. The van der Waals surface area contributed by atoms with Gasteiger partial charge in [0.15, 0.2) is 6.10 Å². The maximum Gasteiger partial charge on any atom is 0.306 e. The highest BCUT2D eigenvalue weighted by Gasteiger charge is 2.54. The number of esters is 2. The summed E-state index contributed by atoms with van der Waals surface area (Å²) in [6.45, 7) is 2.75. The molecule has 1 rings (SSSR count). The largest absolute Gasteiger partial charge is 0.756 e. The van der Waals surface area contributed by atoms with Gasteiger partial charge in [-0.1, -0.05) is 159 Å². The molecule has 71 heavy (non-hydrogen) atoms. The molecule has 1 saturated carbocycles. The van der Waals surface area contributed by atoms with Crippen LogP contribution in [0.1, 0.15) is 174 Å². The van der Waals surface area contributed by atoms with E-state index < -0.39 is 91.3 Å². The van der Waals surface area contributed by atoms with Crippen molar-refractivity contribution < 1.29 is 90.6 Å². The van der Waals surface area contributed by atoms with Crippen LogP contribution in [0.2, 0.25) is 0 Å². The molecule has 420 valence electrons. The molecule has 22 nitrogen and oxygen atoms in total. The van der Waals surface area contributed by atoms with E-state index in [1.807, 2.05) is 18.2 Å². The van der Waals surface area contributed by atoms with Crippen molar-refractivity contribution in [2.24, 2.45) is 0 Å². The molecule has 0 aromatic carbocycles. The van der Waals surface area contributed by atoms with Gasteiger partial charge in [0.2, 0.25) is 0 Å². The number of allylic oxidation sites excluding steroid dienone is 8. The summed E-state index contributed by atoms with van der Waals surface area (Å²) in [6, 6.07) is 0. The summed E-state index contributed by atoms with van der Waals surface area (Å²) >= 11 is 0. The standard InChI is InChI=1S/C46H83O19P3.3H3N/c1-3-5-7-9-11-13-15-17-19-20-21-23-25-27-29-31-33-35-40(48)62-38(36-60-39(47)34-32-30-28-26-24-22-18-16-14-12-10-8-6-4-2)37-61-68(58,59)65-44-41(49)42(50)45(63-66(52,53)54)46(43(44)51)64-67(55,56)57;;;/h11,13,17,19,21,23,27,29,38,41-46,49-51H,3-10,12,14-16,18,20,22,24-26,28,30-37H2,1-2H3,(H,58,59)(H2,52,53,54)(H2,55,56,57);3*1H3/b13-11-,19-17-,23-21-,29-27-;;;/t38-,41?,42+,43?,44-,45?,46?;;;/m1.../s1. The molecule has 25 heteroatoms. The van der Waals surface area contributed by atoms with Crippen LogP contribution in [-0.4, -0.2) is 93.0 Å². The van der Waals surface area contributed by atoms with Crippen LogP contribution in [0.4, 0.5) is 0 Å². The summed E-state index contributed by atoms with van der Waals surface area (Å²) in [5.74, 6) is -1.42. The van der Waals surface area contributed by atoms with Crippen LogP contribution in [0.5, 0.6) is 0 Å². The van der Waals surface area contributed by atoms with Crippen molar-refractivity contribution in [3.8, 4) is 0 Å². The Morgan fingerprint density at radius 2 is 0.873 bits per heavy atom. The maximum atomic E-state index is 13.0. The van der Waals surface area contributed by atoms with E-state index in [0.717, 1.165) is 44.9 Å². The highest BCUT2D eigenvalue weighted by atomic mass is 31.2. The Labute approximate surface area is 422 Å². The average molecular weight is 1080 g/mol. The fourth-order valence-electron chi connectivity index (χ4n) is 7.21. The number of unbranched alkanes of at least 4 members (excludes halogenated alkanes) is 17. The minimum absolute atomic E-state index is 0. The Kier molecular flexibility index (Phi) is 44.6. The maximum absolute atomic E-state index is 13.0. The van der Waals surface area contributed by atoms with Crippen LogP contribution >= 0.6 is 23.5 Å². The van der Waals surface area contributed by atoms with Gasteiger partial charge in [-0.25, -0.2) is 0 Å². The lowest BCUT2D eigenvalue weighted by molar-refractivity contribution is -0.280. The number of hydrogen-bond acceptors (Lipinski definition) is 17. The first-order valence-corrected chi connectivity index (χ1v) is 28.8. The van der Waals surface area contributed by atoms with Gasteiger partial charge >= 0.3 is 11.9 Å². The normalized spacial score (nSPS) is 22.3. The van der Waals surface area contributed by atoms with Gasteiger partial charge in [-0.3, -0.25) is 23.3 Å². The van der Waals surface area contributed by atoms with Gasteiger partial charge in [0.05, 0.1) is 6.61 Å². The SMILES string of the molecule is CCCCC/C=C\C/C=C\C/C=C\C/C=C\CCCC(=O)O[C@H](COC(=O)CCCCCCCCCCCCCCCC)COP(=O)([O-])O[C@H]1C(O)C(OP(=O)([O-])O)C(OP(=O)([O-])O)[C@@H](O)C1O.[NH4+].[NH4+].[NH4+]. The molecule has 0 aromatic rings. The molecule has 0 amide bonds. The number of phosphoric ester groups is 3. The molecule has 0 spiro atoms. The molecular weight excluding hydrogens is 991 g/mol. The first kappa shape index (κ1) is 73.2. The first-order chi connectivity index (χ1) is 32.3. The number of hydrogen-bond donors (Lipinski definition) is 8. The van der Waals surface area contributed by atoms with Crippen LogP contribution in [-0.2, 0) is 50.9 Å². The number of phosphoric acid groups is 3. The summed E-state index contributed by atoms with van der Waals surface area (Å²) in [7, 11) is -17.5. The van der Waals surface area contributed by atoms with Gasteiger partial charge < -0.3 is 85.8 Å². The number of aliphatic hydroxyl groups excluding tert-OH is 3. The highest BCUT2D eigenvalue weighted by Crippen LogP contribution is 2.48. The van der Waals surface area contributed by atoms with E-state index in [4.69, 9.17) is 23.4 Å². The monoisotopic (exact) mass is 1080 g/mol. The van der Waals surface area contributed by atoms with Crippen LogP contribution < -0.4 is 33.1 Å². The first-order valence-electron chi connectivity index (χ1n) is 24.4. The molecule has 7 unspecified atom stereocenters. The van der Waals surface area contributed by atoms with Crippen molar-refractivity contribution >= 4 is 35.4 Å². The second-order valence-corrected chi connectivity index (χ2v) is 20.6. The molecule has 0 aromatic heterocycles. The van der Waals surface area contributed by atoms with E-state index in [0.29, 0.717) is 25.7 Å². The Morgan fingerprint density at radius 3 is 1.34 bits per heavy atom. The van der Waals surface area contributed by atoms with Gasteiger partial charge in [0.1, 0.15) is 43.2 Å². The average Bonchev–Trinajstić information content (AvgIpc) is 3.27. The lowest BCUT2D eigenvalue weighted by Gasteiger charge is -2.47. The van der Waals surface area contributed by atoms with Crippen molar-refractivity contribution in [1.29, 1.82) is 0 Å². The Hall–Kier alpha value is -2.01. The van der Waals surface area contributed by atoms with Crippen molar-refractivity contribution in [3.63, 3.8) is 0 Å². The zero-order valence-electron chi connectivity index (χ0n) is 43.0. The van der Waals surface area contributed by atoms with E-state index in [-0.39, 0.29) is 31.3 Å². The zero-order valence-corrected chi connectivity index (χ0v) is 45.7. The third-order valence-corrected chi connectivity index (χ3v) is 12.9. The number of ether oxygens (including phenoxy) is 2. The molecule has 1 aliphatic carbocycles. The van der Waals surface area contributed by atoms with Crippen molar-refractivity contribution in [2.75, 3.05) is 13.2 Å². The molecule has 0 aliphatic heterocycles. The Balaban J connectivity index is -0.0000154. The van der Waals surface area contributed by atoms with E-state index in [1.165, 1.54) is 77.0 Å².